The first-order valence-corrected chi connectivity index (χ1v) is 9.49. The molecule has 0 aromatic heterocycles. The summed E-state index contributed by atoms with van der Waals surface area (Å²) in [7, 11) is 0. The van der Waals surface area contributed by atoms with Gasteiger partial charge in [0.15, 0.2) is 0 Å². The normalized spacial score (nSPS) is 12.8. The Balaban J connectivity index is 1.74. The van der Waals surface area contributed by atoms with E-state index in [4.69, 9.17) is 19.6 Å². The Morgan fingerprint density at radius 1 is 0.679 bits per heavy atom. The lowest BCUT2D eigenvalue weighted by molar-refractivity contribution is -0.289. The van der Waals surface area contributed by atoms with E-state index in [-0.39, 0.29) is 12.2 Å². The smallest absolute Gasteiger partial charge is 0.293 e. The zero-order chi connectivity index (χ0) is 20.2. The maximum atomic E-state index is 11.9. The van der Waals surface area contributed by atoms with Crippen LogP contribution < -0.4 is 0 Å². The molecule has 150 valence electrons. The molecule has 2 rings (SSSR count). The van der Waals surface area contributed by atoms with Crippen LogP contribution in [0.15, 0.2) is 60.7 Å². The van der Waals surface area contributed by atoms with E-state index in [2.05, 4.69) is 0 Å². The highest BCUT2D eigenvalue weighted by Gasteiger charge is 2.18. The van der Waals surface area contributed by atoms with E-state index < -0.39 is 11.9 Å². The second-order valence-corrected chi connectivity index (χ2v) is 6.30. The molecule has 6 nitrogen and oxygen atoms in total. The zero-order valence-corrected chi connectivity index (χ0v) is 16.2. The van der Waals surface area contributed by atoms with Gasteiger partial charge in [0.1, 0.15) is 12.2 Å². The van der Waals surface area contributed by atoms with Gasteiger partial charge in [-0.25, -0.2) is 9.59 Å². The van der Waals surface area contributed by atoms with Gasteiger partial charge >= 0.3 is 11.9 Å². The van der Waals surface area contributed by atoms with E-state index in [1.165, 1.54) is 0 Å². The summed E-state index contributed by atoms with van der Waals surface area (Å²) in [6.07, 6.45) is 2.00. The standard InChI is InChI=1S/C22H26O6/c1-3-19(25-27-21(23)17-11-7-5-8-12-17)15-16-20(4-2)26-28-22(24)18-13-9-6-10-14-18/h5-14,19-20H,3-4,15-16H2,1-2H3. The van der Waals surface area contributed by atoms with Gasteiger partial charge < -0.3 is 0 Å². The number of carbonyl (C=O) groups is 2. The molecule has 0 amide bonds. The summed E-state index contributed by atoms with van der Waals surface area (Å²) < 4.78 is 0. The Bertz CT molecular complexity index is 653. The summed E-state index contributed by atoms with van der Waals surface area (Å²) in [6.45, 7) is 3.89. The Hall–Kier alpha value is -2.70. The molecule has 6 heteroatoms. The van der Waals surface area contributed by atoms with E-state index in [9.17, 15) is 9.59 Å². The molecule has 2 aromatic rings. The first-order valence-electron chi connectivity index (χ1n) is 9.49. The lowest BCUT2D eigenvalue weighted by atomic mass is 10.1. The van der Waals surface area contributed by atoms with Crippen molar-refractivity contribution in [3.63, 3.8) is 0 Å². The molecular weight excluding hydrogens is 360 g/mol. The maximum Gasteiger partial charge on any atom is 0.373 e. The fourth-order valence-corrected chi connectivity index (χ4v) is 2.48. The Labute approximate surface area is 165 Å². The van der Waals surface area contributed by atoms with Crippen molar-refractivity contribution >= 4 is 11.9 Å². The van der Waals surface area contributed by atoms with Crippen LogP contribution in [0.4, 0.5) is 0 Å². The van der Waals surface area contributed by atoms with Crippen molar-refractivity contribution < 1.29 is 29.1 Å². The van der Waals surface area contributed by atoms with E-state index in [1.54, 1.807) is 48.5 Å². The molecule has 0 heterocycles. The Morgan fingerprint density at radius 3 is 1.36 bits per heavy atom. The number of hydrogen-bond donors (Lipinski definition) is 0. The predicted octanol–water partition coefficient (Wildman–Crippen LogP) is 4.90. The molecule has 2 aromatic carbocycles. The van der Waals surface area contributed by atoms with Crippen LogP contribution in [0.2, 0.25) is 0 Å². The minimum absolute atomic E-state index is 0.268. The van der Waals surface area contributed by atoms with Gasteiger partial charge in [0.2, 0.25) is 0 Å². The number of benzene rings is 2. The molecule has 0 radical (unpaired) electrons. The molecule has 0 aliphatic rings. The zero-order valence-electron chi connectivity index (χ0n) is 16.2. The molecule has 28 heavy (non-hydrogen) atoms. The third kappa shape index (κ3) is 7.13. The highest BCUT2D eigenvalue weighted by atomic mass is 17.2. The summed E-state index contributed by atoms with van der Waals surface area (Å²) in [4.78, 5) is 44.3. The molecule has 0 saturated carbocycles. The van der Waals surface area contributed by atoms with Gasteiger partial charge in [-0.1, -0.05) is 50.2 Å². The van der Waals surface area contributed by atoms with Crippen LogP contribution in [-0.2, 0) is 19.6 Å². The minimum atomic E-state index is -0.529. The molecule has 0 aliphatic heterocycles. The van der Waals surface area contributed by atoms with Gasteiger partial charge in [-0.3, -0.25) is 9.78 Å². The summed E-state index contributed by atoms with van der Waals surface area (Å²) >= 11 is 0. The highest BCUT2D eigenvalue weighted by molar-refractivity contribution is 5.89. The van der Waals surface area contributed by atoms with Crippen LogP contribution in [0.1, 0.15) is 60.2 Å². The molecule has 0 aliphatic carbocycles. The molecule has 2 atom stereocenters. The average molecular weight is 386 g/mol. The summed E-state index contributed by atoms with van der Waals surface area (Å²) in [5.41, 5.74) is 0.861. The number of hydrogen-bond acceptors (Lipinski definition) is 6. The van der Waals surface area contributed by atoms with Crippen molar-refractivity contribution in [3.05, 3.63) is 71.8 Å². The largest absolute Gasteiger partial charge is 0.373 e. The van der Waals surface area contributed by atoms with Gasteiger partial charge in [-0.15, -0.1) is 0 Å². The minimum Gasteiger partial charge on any atom is -0.293 e. The van der Waals surface area contributed by atoms with Crippen molar-refractivity contribution in [2.24, 2.45) is 0 Å². The molecule has 0 saturated heterocycles. The monoisotopic (exact) mass is 386 g/mol. The van der Waals surface area contributed by atoms with Crippen molar-refractivity contribution in [3.8, 4) is 0 Å². The van der Waals surface area contributed by atoms with Crippen LogP contribution in [0, 0.1) is 0 Å². The van der Waals surface area contributed by atoms with Gasteiger partial charge in [0, 0.05) is 0 Å². The third-order valence-corrected chi connectivity index (χ3v) is 4.26. The van der Waals surface area contributed by atoms with Gasteiger partial charge in [0.05, 0.1) is 11.1 Å². The topological polar surface area (TPSA) is 71.1 Å². The molecule has 2 unspecified atom stereocenters. The Kier molecular flexibility index (Phi) is 9.18. The molecule has 0 fully saturated rings. The average Bonchev–Trinajstić information content (AvgIpc) is 2.76. The van der Waals surface area contributed by atoms with Crippen LogP contribution in [0.5, 0.6) is 0 Å². The van der Waals surface area contributed by atoms with Crippen molar-refractivity contribution in [1.82, 2.24) is 0 Å². The first kappa shape index (κ1) is 21.6. The summed E-state index contributed by atoms with van der Waals surface area (Å²) in [5.74, 6) is -1.06. The second kappa shape index (κ2) is 11.9. The third-order valence-electron chi connectivity index (χ3n) is 4.26. The van der Waals surface area contributed by atoms with E-state index in [1.807, 2.05) is 26.0 Å². The van der Waals surface area contributed by atoms with Crippen LogP contribution in [0.3, 0.4) is 0 Å². The lowest BCUT2D eigenvalue weighted by Gasteiger charge is -2.18. The first-order chi connectivity index (χ1) is 13.6. The van der Waals surface area contributed by atoms with Gasteiger partial charge in [-0.2, -0.15) is 9.78 Å². The van der Waals surface area contributed by atoms with Crippen LogP contribution in [-0.4, -0.2) is 24.1 Å². The number of carbonyl (C=O) groups excluding carboxylic acids is 2. The summed E-state index contributed by atoms with van der Waals surface area (Å²) in [5, 5.41) is 0. The maximum absolute atomic E-state index is 11.9. The highest BCUT2D eigenvalue weighted by Crippen LogP contribution is 2.15. The predicted molar refractivity (Wildman–Crippen MR) is 103 cm³/mol. The van der Waals surface area contributed by atoms with Gasteiger partial charge in [-0.05, 0) is 49.9 Å². The molecule has 0 bridgehead atoms. The lowest BCUT2D eigenvalue weighted by Crippen LogP contribution is -2.21. The van der Waals surface area contributed by atoms with E-state index in [0.717, 1.165) is 0 Å². The van der Waals surface area contributed by atoms with Crippen molar-refractivity contribution in [2.45, 2.75) is 51.7 Å². The molecular formula is C22H26O6. The van der Waals surface area contributed by atoms with E-state index >= 15 is 0 Å². The quantitative estimate of drug-likeness (QED) is 0.404. The van der Waals surface area contributed by atoms with Crippen LogP contribution >= 0.6 is 0 Å². The summed E-state index contributed by atoms with van der Waals surface area (Å²) in [6, 6.07) is 17.3. The fraction of sp³-hybridized carbons (Fsp3) is 0.364. The second-order valence-electron chi connectivity index (χ2n) is 6.30. The number of rotatable bonds is 11. The molecule has 0 N–H and O–H groups in total. The SMILES string of the molecule is CCC(CCC(CC)OOC(=O)c1ccccc1)OOC(=O)c1ccccc1. The van der Waals surface area contributed by atoms with Crippen LogP contribution in [0.25, 0.3) is 0 Å². The van der Waals surface area contributed by atoms with Gasteiger partial charge in [0.25, 0.3) is 0 Å². The van der Waals surface area contributed by atoms with E-state index in [0.29, 0.717) is 36.8 Å². The van der Waals surface area contributed by atoms with Crippen molar-refractivity contribution in [2.75, 3.05) is 0 Å². The molecule has 0 spiro atoms. The fourth-order valence-electron chi connectivity index (χ4n) is 2.48. The Morgan fingerprint density at radius 2 is 1.04 bits per heavy atom. The van der Waals surface area contributed by atoms with Crippen molar-refractivity contribution in [1.29, 1.82) is 0 Å².